The molecule has 0 saturated carbocycles. The summed E-state index contributed by atoms with van der Waals surface area (Å²) in [5, 5.41) is 3.30. The van der Waals surface area contributed by atoms with Crippen molar-refractivity contribution in [2.24, 2.45) is 0 Å². The Morgan fingerprint density at radius 1 is 1.54 bits per heavy atom. The van der Waals surface area contributed by atoms with E-state index in [0.29, 0.717) is 5.78 Å². The van der Waals surface area contributed by atoms with Crippen LogP contribution in [0.15, 0.2) is 11.6 Å². The van der Waals surface area contributed by atoms with Gasteiger partial charge in [0.25, 0.3) is 0 Å². The highest BCUT2D eigenvalue weighted by Gasteiger charge is 2.11. The van der Waals surface area contributed by atoms with Crippen molar-refractivity contribution in [2.75, 3.05) is 13.1 Å². The molecule has 2 nitrogen and oxygen atoms in total. The zero-order valence-corrected chi connectivity index (χ0v) is 8.44. The first kappa shape index (κ1) is 10.5. The van der Waals surface area contributed by atoms with E-state index in [-0.39, 0.29) is 0 Å². The fraction of sp³-hybridized carbons (Fsp3) is 0.727. The molecule has 2 heteroatoms. The molecule has 1 aliphatic carbocycles. The molecule has 0 atom stereocenters. The van der Waals surface area contributed by atoms with Crippen LogP contribution in [0.4, 0.5) is 0 Å². The van der Waals surface area contributed by atoms with E-state index in [4.69, 9.17) is 0 Å². The Balaban J connectivity index is 2.19. The van der Waals surface area contributed by atoms with Gasteiger partial charge >= 0.3 is 0 Å². The van der Waals surface area contributed by atoms with Gasteiger partial charge in [0.2, 0.25) is 0 Å². The number of ketones is 1. The minimum atomic E-state index is 0.343. The van der Waals surface area contributed by atoms with Gasteiger partial charge in [-0.1, -0.05) is 19.4 Å². The summed E-state index contributed by atoms with van der Waals surface area (Å²) >= 11 is 0. The van der Waals surface area contributed by atoms with Gasteiger partial charge in [0.1, 0.15) is 0 Å². The van der Waals surface area contributed by atoms with E-state index >= 15 is 0 Å². The number of hydrogen-bond donors (Lipinski definition) is 1. The standard InChI is InChI=1S/C11H19NO/c1-2-3-8-12-9-10-6-4-5-7-11(10)13/h6,12H,2-5,7-9H2,1H3. The fourth-order valence-corrected chi connectivity index (χ4v) is 1.51. The Bertz CT molecular complexity index is 196. The van der Waals surface area contributed by atoms with Crippen molar-refractivity contribution < 1.29 is 4.79 Å². The SMILES string of the molecule is CCCCNCC1=CCCCC1=O. The van der Waals surface area contributed by atoms with E-state index in [1.807, 2.05) is 0 Å². The zero-order chi connectivity index (χ0) is 9.52. The van der Waals surface area contributed by atoms with Crippen LogP contribution < -0.4 is 5.32 Å². The number of carbonyl (C=O) groups excluding carboxylic acids is 1. The summed E-state index contributed by atoms with van der Waals surface area (Å²) in [4.78, 5) is 11.3. The van der Waals surface area contributed by atoms with Crippen LogP contribution in [-0.4, -0.2) is 18.9 Å². The van der Waals surface area contributed by atoms with Crippen LogP contribution in [0.2, 0.25) is 0 Å². The molecule has 0 aromatic heterocycles. The number of carbonyl (C=O) groups is 1. The summed E-state index contributed by atoms with van der Waals surface area (Å²) in [7, 11) is 0. The molecule has 1 N–H and O–H groups in total. The Labute approximate surface area is 80.4 Å². The number of hydrogen-bond acceptors (Lipinski definition) is 2. The van der Waals surface area contributed by atoms with Crippen LogP contribution in [0.5, 0.6) is 0 Å². The van der Waals surface area contributed by atoms with Crippen molar-refractivity contribution in [1.29, 1.82) is 0 Å². The monoisotopic (exact) mass is 181 g/mol. The molecule has 0 heterocycles. The topological polar surface area (TPSA) is 29.1 Å². The van der Waals surface area contributed by atoms with Gasteiger partial charge in [-0.15, -0.1) is 0 Å². The van der Waals surface area contributed by atoms with Gasteiger partial charge in [-0.3, -0.25) is 4.79 Å². The largest absolute Gasteiger partial charge is 0.313 e. The Morgan fingerprint density at radius 2 is 2.38 bits per heavy atom. The normalized spacial score (nSPS) is 17.3. The Kier molecular flexibility index (Phi) is 4.76. The molecule has 0 unspecified atom stereocenters. The first-order valence-electron chi connectivity index (χ1n) is 5.27. The highest BCUT2D eigenvalue weighted by molar-refractivity contribution is 5.96. The number of allylic oxidation sites excluding steroid dienone is 1. The molecule has 0 aliphatic heterocycles. The van der Waals surface area contributed by atoms with Gasteiger partial charge in [-0.25, -0.2) is 0 Å². The molecule has 0 fully saturated rings. The lowest BCUT2D eigenvalue weighted by Gasteiger charge is -2.11. The maximum atomic E-state index is 11.3. The van der Waals surface area contributed by atoms with Gasteiger partial charge in [-0.05, 0) is 25.8 Å². The molecule has 0 aromatic carbocycles. The van der Waals surface area contributed by atoms with Crippen LogP contribution in [0, 0.1) is 0 Å². The van der Waals surface area contributed by atoms with E-state index in [0.717, 1.165) is 37.9 Å². The van der Waals surface area contributed by atoms with Gasteiger partial charge in [0.15, 0.2) is 5.78 Å². The van der Waals surface area contributed by atoms with E-state index in [2.05, 4.69) is 18.3 Å². The Morgan fingerprint density at radius 3 is 3.08 bits per heavy atom. The second kappa shape index (κ2) is 5.92. The van der Waals surface area contributed by atoms with E-state index in [1.165, 1.54) is 12.8 Å². The lowest BCUT2D eigenvalue weighted by Crippen LogP contribution is -2.23. The highest BCUT2D eigenvalue weighted by Crippen LogP contribution is 2.12. The molecule has 0 spiro atoms. The third-order valence-corrected chi connectivity index (χ3v) is 2.38. The Hall–Kier alpha value is -0.630. The second-order valence-electron chi connectivity index (χ2n) is 3.58. The number of unbranched alkanes of at least 4 members (excludes halogenated alkanes) is 1. The van der Waals surface area contributed by atoms with E-state index in [1.54, 1.807) is 0 Å². The van der Waals surface area contributed by atoms with Gasteiger partial charge in [-0.2, -0.15) is 0 Å². The van der Waals surface area contributed by atoms with E-state index < -0.39 is 0 Å². The molecule has 0 saturated heterocycles. The lowest BCUT2D eigenvalue weighted by atomic mass is 9.98. The van der Waals surface area contributed by atoms with Crippen LogP contribution in [0.3, 0.4) is 0 Å². The minimum Gasteiger partial charge on any atom is -0.313 e. The second-order valence-corrected chi connectivity index (χ2v) is 3.58. The maximum Gasteiger partial charge on any atom is 0.159 e. The zero-order valence-electron chi connectivity index (χ0n) is 8.44. The van der Waals surface area contributed by atoms with E-state index in [9.17, 15) is 4.79 Å². The van der Waals surface area contributed by atoms with Gasteiger partial charge in [0.05, 0.1) is 0 Å². The minimum absolute atomic E-state index is 0.343. The van der Waals surface area contributed by atoms with Gasteiger partial charge in [0, 0.05) is 18.5 Å². The molecule has 0 aromatic rings. The molecule has 74 valence electrons. The smallest absolute Gasteiger partial charge is 0.159 e. The average molecular weight is 181 g/mol. The van der Waals surface area contributed by atoms with Gasteiger partial charge < -0.3 is 5.32 Å². The molecule has 0 amide bonds. The summed E-state index contributed by atoms with van der Waals surface area (Å²) in [6.07, 6.45) is 7.36. The molecule has 13 heavy (non-hydrogen) atoms. The van der Waals surface area contributed by atoms with Crippen LogP contribution in [-0.2, 0) is 4.79 Å². The maximum absolute atomic E-state index is 11.3. The van der Waals surface area contributed by atoms with Crippen molar-refractivity contribution >= 4 is 5.78 Å². The molecule has 1 aliphatic rings. The first-order chi connectivity index (χ1) is 6.34. The summed E-state index contributed by atoms with van der Waals surface area (Å²) in [6, 6.07) is 0. The summed E-state index contributed by atoms with van der Waals surface area (Å²) < 4.78 is 0. The van der Waals surface area contributed by atoms with Crippen molar-refractivity contribution in [3.63, 3.8) is 0 Å². The third-order valence-electron chi connectivity index (χ3n) is 2.38. The van der Waals surface area contributed by atoms with Crippen molar-refractivity contribution in [1.82, 2.24) is 5.32 Å². The predicted octanol–water partition coefficient (Wildman–Crippen LogP) is 2.06. The highest BCUT2D eigenvalue weighted by atomic mass is 16.1. The van der Waals surface area contributed by atoms with Crippen LogP contribution in [0.1, 0.15) is 39.0 Å². The van der Waals surface area contributed by atoms with Crippen molar-refractivity contribution in [2.45, 2.75) is 39.0 Å². The van der Waals surface area contributed by atoms with Crippen molar-refractivity contribution in [3.05, 3.63) is 11.6 Å². The summed E-state index contributed by atoms with van der Waals surface area (Å²) in [6.45, 7) is 3.98. The fourth-order valence-electron chi connectivity index (χ4n) is 1.51. The molecule has 0 bridgehead atoms. The van der Waals surface area contributed by atoms with Crippen LogP contribution >= 0.6 is 0 Å². The molecule has 0 radical (unpaired) electrons. The van der Waals surface area contributed by atoms with Crippen molar-refractivity contribution in [3.8, 4) is 0 Å². The van der Waals surface area contributed by atoms with Crippen LogP contribution in [0.25, 0.3) is 0 Å². The lowest BCUT2D eigenvalue weighted by molar-refractivity contribution is -0.116. The molecular formula is C11H19NO. The number of rotatable bonds is 5. The first-order valence-corrected chi connectivity index (χ1v) is 5.27. The molecule has 1 rings (SSSR count). The molecular weight excluding hydrogens is 162 g/mol. The number of Topliss-reactive ketones (excluding diaryl/α,β-unsaturated/α-hetero) is 1. The summed E-state index contributed by atoms with van der Waals surface area (Å²) in [5.74, 6) is 0.343. The summed E-state index contributed by atoms with van der Waals surface area (Å²) in [5.41, 5.74) is 1.00. The quantitative estimate of drug-likeness (QED) is 0.658. The number of nitrogens with one attached hydrogen (secondary N) is 1. The average Bonchev–Trinajstić information content (AvgIpc) is 2.15. The third kappa shape index (κ3) is 3.73. The predicted molar refractivity (Wildman–Crippen MR) is 54.7 cm³/mol.